The van der Waals surface area contributed by atoms with E-state index in [4.69, 9.17) is 23.7 Å². The first-order valence-electron chi connectivity index (χ1n) is 28.2. The van der Waals surface area contributed by atoms with Gasteiger partial charge in [-0.25, -0.2) is 0 Å². The van der Waals surface area contributed by atoms with Crippen LogP contribution in [0, 0.1) is 35.5 Å². The largest absolute Gasteiger partial charge is 0.502 e. The second-order valence-corrected chi connectivity index (χ2v) is 23.3. The van der Waals surface area contributed by atoms with E-state index in [1.165, 1.54) is 30.4 Å². The first-order chi connectivity index (χ1) is 37.5. The smallest absolute Gasteiger partial charge is 0.254 e. The van der Waals surface area contributed by atoms with Gasteiger partial charge in [-0.2, -0.15) is 0 Å². The van der Waals surface area contributed by atoms with Gasteiger partial charge in [-0.3, -0.25) is 19.8 Å². The summed E-state index contributed by atoms with van der Waals surface area (Å²) in [6.07, 6.45) is 14.0. The van der Waals surface area contributed by atoms with Crippen LogP contribution in [0.15, 0.2) is 60.7 Å². The summed E-state index contributed by atoms with van der Waals surface area (Å²) in [6, 6.07) is 13.7. The second-order valence-electron chi connectivity index (χ2n) is 23.3. The van der Waals surface area contributed by atoms with E-state index in [2.05, 4.69) is 41.0 Å². The van der Waals surface area contributed by atoms with Gasteiger partial charge in [-0.05, 0) is 133 Å². The molecule has 2 bridgehead atoms. The van der Waals surface area contributed by atoms with Gasteiger partial charge in [0.1, 0.15) is 24.0 Å². The fourth-order valence-electron chi connectivity index (χ4n) is 17.3. The van der Waals surface area contributed by atoms with Crippen molar-refractivity contribution in [3.63, 3.8) is 0 Å². The summed E-state index contributed by atoms with van der Waals surface area (Å²) in [4.78, 5) is 29.7. The van der Waals surface area contributed by atoms with Crippen molar-refractivity contribution in [2.24, 2.45) is 35.5 Å². The van der Waals surface area contributed by atoms with Crippen LogP contribution in [0.4, 0.5) is 5.69 Å². The average molecular weight is 1050 g/mol. The lowest BCUT2D eigenvalue weighted by atomic mass is 9.36. The number of fused-ring (bicyclic) bond motifs is 4. The van der Waals surface area contributed by atoms with E-state index in [1.54, 1.807) is 24.1 Å². The Balaban J connectivity index is 0.887. The molecule has 11 atom stereocenters. The molecule has 11 unspecified atom stereocenters. The standard InChI is InChI=1S/C62H71N3O12/c1-4-63-31-77-48-27-46(73-2)38-12-13-39-53-45(64-60(72)56(48)55(38)53)26-47-54(39)58(70)41(30-76-47)35-23-49(74-3)59(71)50(24-35)75-29-36(28-67)62-42-14-11-32-9-8-10-37(57(32)62)34-21-33(17-20-66)40(43(62)22-34)25-44(42)61(18-6-5-7-19-61)65-51(68)15-16-52(65)69/h8-11,14-16,23-24,26-27,33-34,36,40-44,58,60,63-64,66-67,70-72H,4-7,12-13,17-22,25,28-31H2,1-3H3. The minimum absolute atomic E-state index is 0.0172. The maximum Gasteiger partial charge on any atom is 0.254 e. The van der Waals surface area contributed by atoms with Gasteiger partial charge >= 0.3 is 0 Å². The number of aliphatic hydroxyl groups is 4. The van der Waals surface area contributed by atoms with Crippen LogP contribution in [0.3, 0.4) is 0 Å². The van der Waals surface area contributed by atoms with Crippen molar-refractivity contribution >= 4 is 23.6 Å². The summed E-state index contributed by atoms with van der Waals surface area (Å²) < 4.78 is 31.5. The molecule has 3 saturated carbocycles. The topological polar surface area (TPSA) is 209 Å². The van der Waals surface area contributed by atoms with E-state index in [0.29, 0.717) is 78.3 Å². The molecule has 13 rings (SSSR count). The van der Waals surface area contributed by atoms with Crippen LogP contribution >= 0.6 is 0 Å². The zero-order valence-electron chi connectivity index (χ0n) is 44.2. The predicted molar refractivity (Wildman–Crippen MR) is 287 cm³/mol. The van der Waals surface area contributed by atoms with Crippen LogP contribution < -0.4 is 34.3 Å². The molecular formula is C62H71N3O12. The summed E-state index contributed by atoms with van der Waals surface area (Å²) in [5, 5.41) is 65.8. The number of anilines is 1. The molecular weight excluding hydrogens is 979 g/mol. The van der Waals surface area contributed by atoms with E-state index in [9.17, 15) is 35.1 Å². The van der Waals surface area contributed by atoms with Crippen LogP contribution in [0.5, 0.6) is 34.5 Å². The molecule has 77 heavy (non-hydrogen) atoms. The monoisotopic (exact) mass is 1050 g/mol. The third-order valence-corrected chi connectivity index (χ3v) is 20.2. The number of ether oxygens (including phenoxy) is 5. The maximum atomic E-state index is 14.0. The Morgan fingerprint density at radius 2 is 1.64 bits per heavy atom. The van der Waals surface area contributed by atoms with Gasteiger partial charge in [0.15, 0.2) is 17.7 Å². The Hall–Kier alpha value is -6.10. The van der Waals surface area contributed by atoms with Crippen LogP contribution in [0.2, 0.25) is 0 Å². The molecule has 3 aliphatic heterocycles. The highest BCUT2D eigenvalue weighted by Gasteiger charge is 2.69. The zero-order valence-corrected chi connectivity index (χ0v) is 44.2. The third kappa shape index (κ3) is 7.38. The molecule has 15 heteroatoms. The van der Waals surface area contributed by atoms with Crippen molar-refractivity contribution in [2.45, 2.75) is 113 Å². The van der Waals surface area contributed by atoms with Crippen LogP contribution in [-0.2, 0) is 27.8 Å². The van der Waals surface area contributed by atoms with Crippen molar-refractivity contribution in [1.82, 2.24) is 10.2 Å². The van der Waals surface area contributed by atoms with Crippen molar-refractivity contribution < 1.29 is 58.8 Å². The van der Waals surface area contributed by atoms with Gasteiger partial charge in [0.05, 0.1) is 51.2 Å². The second kappa shape index (κ2) is 19.4. The SMILES string of the molecule is CCNCOc1cc(OC)c2c3c1C(O)Nc1cc4c(c(c1-3)CC2)C(O)C(c1cc(OC)c(O)c(OCC(CO)C23c5c6cccc5C5CC(CCO)C(CC(C7(N8C(=O)C=CC8=O)CCCCC7)C2C=C6)C3C5)c1)CO4. The molecule has 9 aliphatic rings. The Morgan fingerprint density at radius 3 is 2.39 bits per heavy atom. The molecule has 7 N–H and O–H groups in total. The van der Waals surface area contributed by atoms with E-state index >= 15 is 0 Å². The highest BCUT2D eigenvalue weighted by Crippen LogP contribution is 2.71. The van der Waals surface area contributed by atoms with Gasteiger partial charge in [0.2, 0.25) is 5.75 Å². The average Bonchev–Trinajstić information content (AvgIpc) is 3.81. The number of nitrogens with zero attached hydrogens (tertiary/aromatic N) is 1. The van der Waals surface area contributed by atoms with E-state index in [0.717, 1.165) is 66.3 Å². The molecule has 0 aromatic heterocycles. The van der Waals surface area contributed by atoms with Gasteiger partial charge < -0.3 is 54.5 Å². The van der Waals surface area contributed by atoms with Gasteiger partial charge in [-0.1, -0.05) is 56.5 Å². The number of phenols is 1. The first-order valence-corrected chi connectivity index (χ1v) is 28.2. The van der Waals surface area contributed by atoms with Crippen molar-refractivity contribution in [3.05, 3.63) is 105 Å². The molecule has 0 spiro atoms. The number of imide groups is 1. The normalized spacial score (nSPS) is 29.7. The number of phenolic OH excluding ortho intramolecular Hbond substituents is 1. The quantitative estimate of drug-likeness (QED) is 0.0322. The van der Waals surface area contributed by atoms with Crippen LogP contribution in [-0.4, -0.2) is 102 Å². The number of carbonyl (C=O) groups excluding carboxylic acids is 2. The maximum absolute atomic E-state index is 14.0. The molecule has 4 aromatic rings. The summed E-state index contributed by atoms with van der Waals surface area (Å²) in [5.74, 6) is 0.519. The van der Waals surface area contributed by atoms with E-state index in [1.807, 2.05) is 19.1 Å². The Labute approximate surface area is 449 Å². The lowest BCUT2D eigenvalue weighted by Gasteiger charge is -2.69. The summed E-state index contributed by atoms with van der Waals surface area (Å²) in [6.45, 7) is 2.88. The van der Waals surface area contributed by atoms with Gasteiger partial charge in [0.25, 0.3) is 11.8 Å². The first kappa shape index (κ1) is 50.4. The number of allylic oxidation sites excluding steroid dienone is 1. The van der Waals surface area contributed by atoms with Gasteiger partial charge in [0, 0.05) is 76.1 Å². The van der Waals surface area contributed by atoms with E-state index < -0.39 is 35.1 Å². The number of aliphatic hydroxyl groups excluding tert-OH is 4. The number of hydrogen-bond acceptors (Lipinski definition) is 14. The van der Waals surface area contributed by atoms with Crippen LogP contribution in [0.1, 0.15) is 133 Å². The van der Waals surface area contributed by atoms with Gasteiger partial charge in [-0.15, -0.1) is 0 Å². The van der Waals surface area contributed by atoms with Crippen LogP contribution in [0.25, 0.3) is 17.2 Å². The number of nitrogens with one attached hydrogen (secondary N) is 2. The molecule has 3 fully saturated rings. The fourth-order valence-corrected chi connectivity index (χ4v) is 17.3. The lowest BCUT2D eigenvalue weighted by molar-refractivity contribution is -0.163. The highest BCUT2D eigenvalue weighted by atomic mass is 16.5. The molecule has 15 nitrogen and oxygen atoms in total. The molecule has 2 amide bonds. The number of rotatable bonds is 16. The molecule has 0 radical (unpaired) electrons. The number of carbonyl (C=O) groups is 2. The number of methoxy groups -OCH3 is 2. The third-order valence-electron chi connectivity index (χ3n) is 20.2. The molecule has 4 aromatic carbocycles. The minimum atomic E-state index is -1.07. The van der Waals surface area contributed by atoms with Crippen molar-refractivity contribution in [1.29, 1.82) is 0 Å². The summed E-state index contributed by atoms with van der Waals surface area (Å²) in [7, 11) is 3.12. The lowest BCUT2D eigenvalue weighted by Crippen LogP contribution is -2.69. The van der Waals surface area contributed by atoms with E-state index in [-0.39, 0.29) is 97.7 Å². The molecule has 6 aliphatic carbocycles. The Morgan fingerprint density at radius 1 is 0.857 bits per heavy atom. The zero-order chi connectivity index (χ0) is 53.1. The number of amides is 2. The number of benzene rings is 4. The summed E-state index contributed by atoms with van der Waals surface area (Å²) in [5.41, 5.74) is 8.29. The fraction of sp³-hybridized carbons (Fsp3) is 0.516. The highest BCUT2D eigenvalue weighted by molar-refractivity contribution is 6.13. The summed E-state index contributed by atoms with van der Waals surface area (Å²) >= 11 is 0. The van der Waals surface area contributed by atoms with Crippen molar-refractivity contribution in [3.8, 4) is 45.6 Å². The number of aromatic hydroxyl groups is 1. The minimum Gasteiger partial charge on any atom is -0.502 e. The molecule has 3 heterocycles. The molecule has 406 valence electrons. The predicted octanol–water partition coefficient (Wildman–Crippen LogP) is 8.08. The Kier molecular flexibility index (Phi) is 12.7. The van der Waals surface area contributed by atoms with Crippen molar-refractivity contribution in [2.75, 3.05) is 59.2 Å². The number of hydrogen-bond donors (Lipinski definition) is 7. The molecule has 0 saturated heterocycles. The Bertz CT molecular complexity index is 3090.